The molecule has 9 heteroatoms. The van der Waals surface area contributed by atoms with Crippen LogP contribution in [0.2, 0.25) is 0 Å². The monoisotopic (exact) mass is 384 g/mol. The van der Waals surface area contributed by atoms with Crippen LogP contribution in [0.3, 0.4) is 0 Å². The van der Waals surface area contributed by atoms with E-state index in [0.717, 1.165) is 12.8 Å². The van der Waals surface area contributed by atoms with E-state index < -0.39 is 20.5 Å². The Kier molecular flexibility index (Phi) is 27.3. The molecule has 134 valence electrons. The SMILES string of the molecule is CCCCCCCCCCCCOCC(O)COP(=O)([O-])[O-].[Na+].[Na+]. The molecule has 6 nitrogen and oxygen atoms in total. The predicted molar refractivity (Wildman–Crippen MR) is 82.2 cm³/mol. The van der Waals surface area contributed by atoms with E-state index in [1.807, 2.05) is 0 Å². The van der Waals surface area contributed by atoms with Gasteiger partial charge in [0.25, 0.3) is 0 Å². The first-order chi connectivity index (χ1) is 10.5. The van der Waals surface area contributed by atoms with E-state index in [4.69, 9.17) is 4.74 Å². The molecule has 0 aliphatic heterocycles. The maximum atomic E-state index is 10.2. The topological polar surface area (TPSA) is 102 Å². The number of ether oxygens (including phenoxy) is 1. The van der Waals surface area contributed by atoms with E-state index in [1.54, 1.807) is 0 Å². The van der Waals surface area contributed by atoms with Gasteiger partial charge in [0.1, 0.15) is 6.10 Å². The van der Waals surface area contributed by atoms with Crippen LogP contribution in [0.1, 0.15) is 71.1 Å². The fourth-order valence-electron chi connectivity index (χ4n) is 2.14. The molecule has 0 aliphatic carbocycles. The zero-order valence-electron chi connectivity index (χ0n) is 15.7. The van der Waals surface area contributed by atoms with Crippen LogP contribution < -0.4 is 68.9 Å². The van der Waals surface area contributed by atoms with Crippen molar-refractivity contribution in [1.29, 1.82) is 0 Å². The molecular formula is C15H31Na2O6P. The van der Waals surface area contributed by atoms with Crippen LogP contribution >= 0.6 is 7.82 Å². The Morgan fingerprint density at radius 2 is 1.33 bits per heavy atom. The molecule has 24 heavy (non-hydrogen) atoms. The van der Waals surface area contributed by atoms with E-state index in [9.17, 15) is 19.5 Å². The molecule has 0 rings (SSSR count). The van der Waals surface area contributed by atoms with Crippen LogP contribution in [0.25, 0.3) is 0 Å². The number of aliphatic hydroxyl groups is 1. The minimum Gasteiger partial charge on any atom is -0.790 e. The molecule has 0 saturated carbocycles. The first kappa shape index (κ1) is 30.7. The van der Waals surface area contributed by atoms with Crippen molar-refractivity contribution in [2.24, 2.45) is 0 Å². The number of hydrogen-bond donors (Lipinski definition) is 1. The average molecular weight is 384 g/mol. The molecule has 0 aliphatic rings. The number of phosphoric ester groups is 1. The summed E-state index contributed by atoms with van der Waals surface area (Å²) >= 11 is 0. The van der Waals surface area contributed by atoms with Crippen molar-refractivity contribution >= 4 is 7.82 Å². The van der Waals surface area contributed by atoms with Gasteiger partial charge in [0, 0.05) is 6.61 Å². The molecule has 1 atom stereocenters. The van der Waals surface area contributed by atoms with E-state index in [-0.39, 0.29) is 65.7 Å². The Bertz CT molecular complexity index is 291. The summed E-state index contributed by atoms with van der Waals surface area (Å²) in [7, 11) is -5.01. The van der Waals surface area contributed by atoms with Crippen LogP contribution in [0.15, 0.2) is 0 Å². The molecule has 0 saturated heterocycles. The van der Waals surface area contributed by atoms with Crippen molar-refractivity contribution in [3.63, 3.8) is 0 Å². The van der Waals surface area contributed by atoms with E-state index in [1.165, 1.54) is 51.4 Å². The van der Waals surface area contributed by atoms with Crippen molar-refractivity contribution in [2.75, 3.05) is 19.8 Å². The molecule has 0 heterocycles. The fourth-order valence-corrected chi connectivity index (χ4v) is 2.49. The third kappa shape index (κ3) is 26.3. The summed E-state index contributed by atoms with van der Waals surface area (Å²) in [5.74, 6) is 0. The summed E-state index contributed by atoms with van der Waals surface area (Å²) in [6, 6.07) is 0. The molecule has 0 spiro atoms. The van der Waals surface area contributed by atoms with Crippen molar-refractivity contribution in [2.45, 2.75) is 77.2 Å². The Labute approximate surface area is 191 Å². The standard InChI is InChI=1S/C15H33O6P.2Na/c1-2-3-4-5-6-7-8-9-10-11-12-20-13-15(16)14-21-22(17,18)19;;/h15-16H,2-14H2,1H3,(H2,17,18,19);;/q;2*+1/p-2. The molecule has 0 radical (unpaired) electrons. The van der Waals surface area contributed by atoms with Crippen LogP contribution in [0.5, 0.6) is 0 Å². The van der Waals surface area contributed by atoms with Crippen molar-refractivity contribution in [3.8, 4) is 0 Å². The normalized spacial score (nSPS) is 12.3. The van der Waals surface area contributed by atoms with Gasteiger partial charge in [0.05, 0.1) is 21.0 Å². The Morgan fingerprint density at radius 3 is 1.79 bits per heavy atom. The zero-order chi connectivity index (χ0) is 16.7. The second kappa shape index (κ2) is 21.3. The summed E-state index contributed by atoms with van der Waals surface area (Å²) in [5, 5.41) is 9.32. The van der Waals surface area contributed by atoms with Crippen LogP contribution in [-0.4, -0.2) is 31.0 Å². The third-order valence-corrected chi connectivity index (χ3v) is 3.84. The van der Waals surface area contributed by atoms with E-state index in [0.29, 0.717) is 6.61 Å². The second-order valence-electron chi connectivity index (χ2n) is 5.65. The summed E-state index contributed by atoms with van der Waals surface area (Å²) in [4.78, 5) is 20.4. The minimum atomic E-state index is -5.01. The van der Waals surface area contributed by atoms with Crippen LogP contribution in [0, 0.1) is 0 Å². The maximum absolute atomic E-state index is 10.2. The van der Waals surface area contributed by atoms with Crippen LogP contribution in [0.4, 0.5) is 0 Å². The number of phosphoric acid groups is 1. The van der Waals surface area contributed by atoms with Gasteiger partial charge in [-0.05, 0) is 6.42 Å². The summed E-state index contributed by atoms with van der Waals surface area (Å²) in [6.07, 6.45) is 11.3. The number of hydrogen-bond acceptors (Lipinski definition) is 6. The fraction of sp³-hybridized carbons (Fsp3) is 1.00. The van der Waals surface area contributed by atoms with Gasteiger partial charge in [0.2, 0.25) is 0 Å². The van der Waals surface area contributed by atoms with Gasteiger partial charge in [-0.2, -0.15) is 0 Å². The molecule has 0 bridgehead atoms. The minimum absolute atomic E-state index is 0. The first-order valence-electron chi connectivity index (χ1n) is 8.38. The Morgan fingerprint density at radius 1 is 0.875 bits per heavy atom. The summed E-state index contributed by atoms with van der Waals surface area (Å²) < 4.78 is 19.4. The van der Waals surface area contributed by atoms with Gasteiger partial charge < -0.3 is 28.7 Å². The van der Waals surface area contributed by atoms with Gasteiger partial charge in [-0.25, -0.2) is 0 Å². The van der Waals surface area contributed by atoms with E-state index >= 15 is 0 Å². The van der Waals surface area contributed by atoms with Crippen molar-refractivity contribution in [3.05, 3.63) is 0 Å². The van der Waals surface area contributed by atoms with Crippen molar-refractivity contribution < 1.29 is 87.8 Å². The molecule has 0 amide bonds. The number of aliphatic hydroxyl groups excluding tert-OH is 1. The largest absolute Gasteiger partial charge is 1.00 e. The third-order valence-electron chi connectivity index (χ3n) is 3.38. The first-order valence-corrected chi connectivity index (χ1v) is 9.84. The summed E-state index contributed by atoms with van der Waals surface area (Å²) in [6.45, 7) is 2.19. The molecular weight excluding hydrogens is 353 g/mol. The predicted octanol–water partition coefficient (Wildman–Crippen LogP) is -3.86. The smallest absolute Gasteiger partial charge is 0.790 e. The van der Waals surface area contributed by atoms with Crippen molar-refractivity contribution in [1.82, 2.24) is 0 Å². The number of rotatable bonds is 16. The quantitative estimate of drug-likeness (QED) is 0.166. The molecule has 1 N–H and O–H groups in total. The Hall–Kier alpha value is 2.03. The molecule has 0 fully saturated rings. The van der Waals surface area contributed by atoms with Gasteiger partial charge in [-0.3, -0.25) is 0 Å². The maximum Gasteiger partial charge on any atom is 1.00 e. The Balaban J connectivity index is -0.00000220. The molecule has 0 aromatic rings. The number of unbranched alkanes of at least 4 members (excludes halogenated alkanes) is 9. The van der Waals surface area contributed by atoms with Gasteiger partial charge in [-0.15, -0.1) is 0 Å². The van der Waals surface area contributed by atoms with Gasteiger partial charge in [0.15, 0.2) is 0 Å². The summed E-state index contributed by atoms with van der Waals surface area (Å²) in [5.41, 5.74) is 0. The van der Waals surface area contributed by atoms with Crippen LogP contribution in [-0.2, 0) is 13.8 Å². The van der Waals surface area contributed by atoms with Gasteiger partial charge >= 0.3 is 59.1 Å². The average Bonchev–Trinajstić information content (AvgIpc) is 2.45. The second-order valence-corrected chi connectivity index (χ2v) is 6.81. The molecule has 0 aromatic carbocycles. The van der Waals surface area contributed by atoms with Gasteiger partial charge in [-0.1, -0.05) is 64.7 Å². The molecule has 1 unspecified atom stereocenters. The molecule has 0 aromatic heterocycles. The zero-order valence-corrected chi connectivity index (χ0v) is 20.6. The van der Waals surface area contributed by atoms with E-state index in [2.05, 4.69) is 11.4 Å².